The molecular formula is C11H17ClN4O. The van der Waals surface area contributed by atoms with Gasteiger partial charge in [-0.3, -0.25) is 4.90 Å². The number of hydrogen-bond acceptors (Lipinski definition) is 5. The minimum atomic E-state index is 0.310. The molecule has 94 valence electrons. The number of halogens is 1. The van der Waals surface area contributed by atoms with E-state index < -0.39 is 0 Å². The van der Waals surface area contributed by atoms with Gasteiger partial charge in [0.15, 0.2) is 0 Å². The molecular weight excluding hydrogens is 240 g/mol. The molecule has 2 rings (SSSR count). The Labute approximate surface area is 106 Å². The highest BCUT2D eigenvalue weighted by Crippen LogP contribution is 2.14. The lowest BCUT2D eigenvalue weighted by Gasteiger charge is -2.35. The van der Waals surface area contributed by atoms with Crippen LogP contribution in [0.2, 0.25) is 5.28 Å². The lowest BCUT2D eigenvalue weighted by atomic mass is 10.3. The monoisotopic (exact) mass is 256 g/mol. The van der Waals surface area contributed by atoms with E-state index in [0.717, 1.165) is 45.1 Å². The second kappa shape index (κ2) is 6.14. The molecule has 0 spiro atoms. The Balaban J connectivity index is 1.86. The zero-order chi connectivity index (χ0) is 12.1. The highest BCUT2D eigenvalue weighted by atomic mass is 35.5. The van der Waals surface area contributed by atoms with Crippen molar-refractivity contribution < 1.29 is 4.74 Å². The molecule has 0 unspecified atom stereocenters. The van der Waals surface area contributed by atoms with Crippen LogP contribution >= 0.6 is 11.6 Å². The Kier molecular flexibility index (Phi) is 4.53. The highest BCUT2D eigenvalue weighted by Gasteiger charge is 2.17. The molecule has 0 atom stereocenters. The fraction of sp³-hybridized carbons (Fsp3) is 0.636. The maximum atomic E-state index is 5.79. The van der Waals surface area contributed by atoms with Crippen molar-refractivity contribution >= 4 is 17.4 Å². The molecule has 0 bridgehead atoms. The first-order valence-corrected chi connectivity index (χ1v) is 6.12. The van der Waals surface area contributed by atoms with E-state index in [4.69, 9.17) is 16.3 Å². The van der Waals surface area contributed by atoms with E-state index in [1.54, 1.807) is 13.3 Å². The van der Waals surface area contributed by atoms with Gasteiger partial charge in [-0.25, -0.2) is 9.97 Å². The van der Waals surface area contributed by atoms with E-state index in [1.165, 1.54) is 0 Å². The van der Waals surface area contributed by atoms with Crippen molar-refractivity contribution in [2.24, 2.45) is 0 Å². The van der Waals surface area contributed by atoms with Crippen LogP contribution in [0, 0.1) is 0 Å². The minimum absolute atomic E-state index is 0.310. The summed E-state index contributed by atoms with van der Waals surface area (Å²) in [6, 6.07) is 1.90. The van der Waals surface area contributed by atoms with Crippen LogP contribution in [0.25, 0.3) is 0 Å². The quantitative estimate of drug-likeness (QED) is 0.749. The maximum absolute atomic E-state index is 5.79. The first-order valence-electron chi connectivity index (χ1n) is 5.74. The summed E-state index contributed by atoms with van der Waals surface area (Å²) >= 11 is 5.79. The zero-order valence-corrected chi connectivity index (χ0v) is 10.7. The van der Waals surface area contributed by atoms with Crippen molar-refractivity contribution in [2.45, 2.75) is 0 Å². The molecule has 6 heteroatoms. The standard InChI is InChI=1S/C11H17ClN4O/c1-17-9-8-15-4-6-16(7-5-15)10-2-3-13-11(12)14-10/h2-3H,4-9H2,1H3. The van der Waals surface area contributed by atoms with Crippen molar-refractivity contribution in [2.75, 3.05) is 51.3 Å². The number of ether oxygens (including phenoxy) is 1. The number of piperazine rings is 1. The Morgan fingerprint density at radius 1 is 1.35 bits per heavy atom. The van der Waals surface area contributed by atoms with Gasteiger partial charge in [-0.2, -0.15) is 0 Å². The van der Waals surface area contributed by atoms with E-state index in [2.05, 4.69) is 19.8 Å². The molecule has 5 nitrogen and oxygen atoms in total. The maximum Gasteiger partial charge on any atom is 0.224 e. The lowest BCUT2D eigenvalue weighted by Crippen LogP contribution is -2.47. The molecule has 0 aliphatic carbocycles. The third kappa shape index (κ3) is 3.52. The Morgan fingerprint density at radius 3 is 2.76 bits per heavy atom. The van der Waals surface area contributed by atoms with Gasteiger partial charge in [-0.1, -0.05) is 0 Å². The van der Waals surface area contributed by atoms with E-state index in [-0.39, 0.29) is 0 Å². The number of hydrogen-bond donors (Lipinski definition) is 0. The molecule has 0 saturated carbocycles. The molecule has 0 N–H and O–H groups in total. The summed E-state index contributed by atoms with van der Waals surface area (Å²) in [7, 11) is 1.74. The fourth-order valence-electron chi connectivity index (χ4n) is 1.92. The molecule has 1 saturated heterocycles. The van der Waals surface area contributed by atoms with Gasteiger partial charge in [-0.15, -0.1) is 0 Å². The molecule has 1 aromatic heterocycles. The highest BCUT2D eigenvalue weighted by molar-refractivity contribution is 6.28. The van der Waals surface area contributed by atoms with Crippen molar-refractivity contribution in [3.63, 3.8) is 0 Å². The van der Waals surface area contributed by atoms with Crippen molar-refractivity contribution in [1.82, 2.24) is 14.9 Å². The first-order chi connectivity index (χ1) is 8.29. The third-order valence-corrected chi connectivity index (χ3v) is 3.10. The van der Waals surface area contributed by atoms with Crippen LogP contribution in [0.15, 0.2) is 12.3 Å². The summed E-state index contributed by atoms with van der Waals surface area (Å²) in [6.45, 7) is 5.79. The van der Waals surface area contributed by atoms with Gasteiger partial charge in [-0.05, 0) is 17.7 Å². The minimum Gasteiger partial charge on any atom is -0.383 e. The number of aromatic nitrogens is 2. The summed E-state index contributed by atoms with van der Waals surface area (Å²) in [5.41, 5.74) is 0. The van der Waals surface area contributed by atoms with Crippen LogP contribution in [0.1, 0.15) is 0 Å². The Bertz CT molecular complexity index is 355. The largest absolute Gasteiger partial charge is 0.383 e. The molecule has 2 heterocycles. The molecule has 1 aliphatic rings. The van der Waals surface area contributed by atoms with Crippen LogP contribution in [-0.4, -0.2) is 61.3 Å². The predicted octanol–water partition coefficient (Wildman–Crippen LogP) is 0.898. The molecule has 0 amide bonds. The van der Waals surface area contributed by atoms with E-state index in [1.807, 2.05) is 6.07 Å². The van der Waals surface area contributed by atoms with Gasteiger partial charge in [0.2, 0.25) is 5.28 Å². The van der Waals surface area contributed by atoms with Crippen molar-refractivity contribution in [3.05, 3.63) is 17.5 Å². The van der Waals surface area contributed by atoms with Gasteiger partial charge in [0.1, 0.15) is 5.82 Å². The van der Waals surface area contributed by atoms with Crippen molar-refractivity contribution in [3.8, 4) is 0 Å². The average Bonchev–Trinajstić information content (AvgIpc) is 2.37. The smallest absolute Gasteiger partial charge is 0.224 e. The molecule has 1 fully saturated rings. The zero-order valence-electron chi connectivity index (χ0n) is 9.97. The van der Waals surface area contributed by atoms with Gasteiger partial charge in [0, 0.05) is 46.0 Å². The van der Waals surface area contributed by atoms with Crippen LogP contribution in [0.3, 0.4) is 0 Å². The van der Waals surface area contributed by atoms with Gasteiger partial charge < -0.3 is 9.64 Å². The van der Waals surface area contributed by atoms with E-state index in [9.17, 15) is 0 Å². The fourth-order valence-corrected chi connectivity index (χ4v) is 2.07. The van der Waals surface area contributed by atoms with Crippen LogP contribution in [0.4, 0.5) is 5.82 Å². The predicted molar refractivity (Wildman–Crippen MR) is 67.6 cm³/mol. The molecule has 17 heavy (non-hydrogen) atoms. The Morgan fingerprint density at radius 2 is 2.12 bits per heavy atom. The second-order valence-electron chi connectivity index (χ2n) is 4.01. The number of nitrogens with zero attached hydrogens (tertiary/aromatic N) is 4. The van der Waals surface area contributed by atoms with Crippen LogP contribution in [-0.2, 0) is 4.74 Å². The van der Waals surface area contributed by atoms with Crippen LogP contribution < -0.4 is 4.90 Å². The molecule has 1 aromatic rings. The van der Waals surface area contributed by atoms with E-state index >= 15 is 0 Å². The molecule has 1 aliphatic heterocycles. The number of anilines is 1. The summed E-state index contributed by atoms with van der Waals surface area (Å²) in [5, 5.41) is 0.310. The van der Waals surface area contributed by atoms with Crippen LogP contribution in [0.5, 0.6) is 0 Å². The second-order valence-corrected chi connectivity index (χ2v) is 4.34. The van der Waals surface area contributed by atoms with Gasteiger partial charge in [0.05, 0.1) is 6.61 Å². The summed E-state index contributed by atoms with van der Waals surface area (Å²) in [5.74, 6) is 0.913. The molecule has 0 radical (unpaired) electrons. The van der Waals surface area contributed by atoms with Crippen molar-refractivity contribution in [1.29, 1.82) is 0 Å². The lowest BCUT2D eigenvalue weighted by molar-refractivity contribution is 0.144. The summed E-state index contributed by atoms with van der Waals surface area (Å²) in [4.78, 5) is 12.7. The Hall–Kier alpha value is -0.910. The topological polar surface area (TPSA) is 41.5 Å². The third-order valence-electron chi connectivity index (χ3n) is 2.92. The van der Waals surface area contributed by atoms with Gasteiger partial charge >= 0.3 is 0 Å². The SMILES string of the molecule is COCCN1CCN(c2ccnc(Cl)n2)CC1. The molecule has 0 aromatic carbocycles. The van der Waals surface area contributed by atoms with E-state index in [0.29, 0.717) is 5.28 Å². The summed E-state index contributed by atoms with van der Waals surface area (Å²) < 4.78 is 5.08. The number of rotatable bonds is 4. The summed E-state index contributed by atoms with van der Waals surface area (Å²) in [6.07, 6.45) is 1.70. The first kappa shape index (κ1) is 12.5. The number of methoxy groups -OCH3 is 1. The normalized spacial score (nSPS) is 17.4. The van der Waals surface area contributed by atoms with Gasteiger partial charge in [0.25, 0.3) is 0 Å². The average molecular weight is 257 g/mol.